The Bertz CT molecular complexity index is 462. The van der Waals surface area contributed by atoms with Crippen molar-refractivity contribution in [2.75, 3.05) is 13.7 Å². The van der Waals surface area contributed by atoms with Gasteiger partial charge in [-0.3, -0.25) is 0 Å². The molecule has 0 spiro atoms. The van der Waals surface area contributed by atoms with E-state index in [2.05, 4.69) is 22.0 Å². The zero-order chi connectivity index (χ0) is 15.3. The second kappa shape index (κ2) is 6.10. The van der Waals surface area contributed by atoms with Gasteiger partial charge in [0.25, 0.3) is 0 Å². The largest absolute Gasteiger partial charge is 0.466 e. The number of nitrogens with zero attached hydrogens (tertiary/aromatic N) is 3. The van der Waals surface area contributed by atoms with E-state index in [1.807, 2.05) is 0 Å². The predicted molar refractivity (Wildman–Crippen MR) is 67.8 cm³/mol. The van der Waals surface area contributed by atoms with E-state index in [9.17, 15) is 15.3 Å². The third-order valence-electron chi connectivity index (χ3n) is 2.78. The highest BCUT2D eigenvalue weighted by Gasteiger charge is 2.39. The molecule has 0 rings (SSSR count). The van der Waals surface area contributed by atoms with Crippen LogP contribution in [0.2, 0.25) is 0 Å². The van der Waals surface area contributed by atoms with Crippen LogP contribution in [-0.4, -0.2) is 19.6 Å². The molecule has 102 valence electrons. The van der Waals surface area contributed by atoms with E-state index in [1.54, 1.807) is 27.7 Å². The van der Waals surface area contributed by atoms with Crippen LogP contribution in [0.25, 0.3) is 0 Å². The maximum Gasteiger partial charge on any atom is 0.335 e. The van der Waals surface area contributed by atoms with Gasteiger partial charge in [0.1, 0.15) is 0 Å². The van der Waals surface area contributed by atoms with E-state index < -0.39 is 16.8 Å². The molecule has 0 aliphatic heterocycles. The first-order valence-electron chi connectivity index (χ1n) is 5.66. The van der Waals surface area contributed by atoms with E-state index >= 15 is 0 Å². The van der Waals surface area contributed by atoms with Crippen molar-refractivity contribution in [3.63, 3.8) is 0 Å². The first-order valence-corrected chi connectivity index (χ1v) is 5.66. The van der Waals surface area contributed by atoms with Crippen LogP contribution in [0.1, 0.15) is 27.7 Å². The summed E-state index contributed by atoms with van der Waals surface area (Å²) in [4.78, 5) is 11.8. The van der Waals surface area contributed by atoms with Crippen molar-refractivity contribution in [1.82, 2.24) is 0 Å². The Morgan fingerprint density at radius 2 is 1.63 bits per heavy atom. The maximum absolute atomic E-state index is 11.8. The highest BCUT2D eigenvalue weighted by atomic mass is 16.5. The Labute approximate surface area is 113 Å². The molecule has 0 heterocycles. The van der Waals surface area contributed by atoms with E-state index in [-0.39, 0.29) is 12.1 Å². The summed E-state index contributed by atoms with van der Waals surface area (Å²) in [7, 11) is 1.21. The van der Waals surface area contributed by atoms with Gasteiger partial charge in [-0.05, 0) is 33.3 Å². The molecule has 0 aromatic heterocycles. The summed E-state index contributed by atoms with van der Waals surface area (Å²) in [6.45, 7) is 6.27. The molecule has 0 amide bonds. The van der Waals surface area contributed by atoms with Crippen molar-refractivity contribution < 1.29 is 9.53 Å². The summed E-state index contributed by atoms with van der Waals surface area (Å²) >= 11 is 0. The Balaban J connectivity index is 6.38. The number of esters is 1. The molecule has 0 saturated carbocycles. The van der Waals surface area contributed by atoms with Gasteiger partial charge in [0.15, 0.2) is 0 Å². The van der Waals surface area contributed by atoms with E-state index in [0.29, 0.717) is 5.57 Å². The number of rotatable bonds is 5. The molecule has 19 heavy (non-hydrogen) atoms. The van der Waals surface area contributed by atoms with E-state index in [1.165, 1.54) is 7.11 Å². The number of hydrogen-bond acceptors (Lipinski definition) is 6. The van der Waals surface area contributed by atoms with Gasteiger partial charge in [0.2, 0.25) is 0 Å². The number of carbonyl (C=O) groups is 1. The second-order valence-corrected chi connectivity index (χ2v) is 5.13. The van der Waals surface area contributed by atoms with Gasteiger partial charge >= 0.3 is 5.97 Å². The Morgan fingerprint density at radius 1 is 1.21 bits per heavy atom. The van der Waals surface area contributed by atoms with Crippen LogP contribution in [-0.2, 0) is 9.53 Å². The third kappa shape index (κ3) is 3.62. The number of allylic oxidation sites excluding steroid dienone is 1. The SMILES string of the molecule is COC(=O)C(CN=N)=C(C(C)(C)C#N)C(C)(C)C#N. The quantitative estimate of drug-likeness (QED) is 0.466. The monoisotopic (exact) mass is 262 g/mol. The minimum Gasteiger partial charge on any atom is -0.466 e. The van der Waals surface area contributed by atoms with Gasteiger partial charge in [-0.2, -0.15) is 15.6 Å². The maximum atomic E-state index is 11.8. The molecular formula is C13H18N4O2. The van der Waals surface area contributed by atoms with Gasteiger partial charge in [0, 0.05) is 0 Å². The molecule has 0 aromatic rings. The van der Waals surface area contributed by atoms with Crippen LogP contribution in [0, 0.1) is 39.0 Å². The molecule has 0 fully saturated rings. The first kappa shape index (κ1) is 16.8. The molecule has 6 heteroatoms. The average molecular weight is 262 g/mol. The fourth-order valence-electron chi connectivity index (χ4n) is 2.10. The number of nitrogens with one attached hydrogen (secondary N) is 1. The summed E-state index contributed by atoms with van der Waals surface area (Å²) in [5, 5.41) is 21.7. The van der Waals surface area contributed by atoms with Crippen molar-refractivity contribution in [2.45, 2.75) is 27.7 Å². The molecule has 6 nitrogen and oxygen atoms in total. The zero-order valence-electron chi connectivity index (χ0n) is 11.9. The molecule has 0 aliphatic rings. The predicted octanol–water partition coefficient (Wildman–Crippen LogP) is 2.59. The van der Waals surface area contributed by atoms with Gasteiger partial charge in [-0.15, -0.1) is 0 Å². The Kier molecular flexibility index (Phi) is 5.39. The van der Waals surface area contributed by atoms with Crippen LogP contribution in [0.4, 0.5) is 0 Å². The van der Waals surface area contributed by atoms with E-state index in [4.69, 9.17) is 5.53 Å². The number of ether oxygens (including phenoxy) is 1. The highest BCUT2D eigenvalue weighted by Crippen LogP contribution is 2.41. The molecule has 0 saturated heterocycles. The molecule has 0 aliphatic carbocycles. The van der Waals surface area contributed by atoms with Crippen molar-refractivity contribution in [2.24, 2.45) is 15.9 Å². The van der Waals surface area contributed by atoms with Gasteiger partial charge in [-0.25, -0.2) is 10.3 Å². The van der Waals surface area contributed by atoms with Crippen molar-refractivity contribution >= 4 is 5.97 Å². The number of carbonyl (C=O) groups excluding carboxylic acids is 1. The molecule has 0 atom stereocenters. The van der Waals surface area contributed by atoms with Crippen LogP contribution >= 0.6 is 0 Å². The number of nitriles is 2. The van der Waals surface area contributed by atoms with Crippen LogP contribution in [0.5, 0.6) is 0 Å². The summed E-state index contributed by atoms with van der Waals surface area (Å²) in [5.41, 5.74) is 5.30. The molecule has 0 unspecified atom stereocenters. The van der Waals surface area contributed by atoms with Crippen LogP contribution < -0.4 is 0 Å². The lowest BCUT2D eigenvalue weighted by molar-refractivity contribution is -0.136. The van der Waals surface area contributed by atoms with Crippen LogP contribution in [0.3, 0.4) is 0 Å². The fraction of sp³-hybridized carbons (Fsp3) is 0.615. The lowest BCUT2D eigenvalue weighted by Crippen LogP contribution is -2.30. The molecule has 0 radical (unpaired) electrons. The van der Waals surface area contributed by atoms with Crippen LogP contribution in [0.15, 0.2) is 16.3 Å². The smallest absolute Gasteiger partial charge is 0.335 e. The highest BCUT2D eigenvalue weighted by molar-refractivity contribution is 5.90. The topological polar surface area (TPSA) is 110 Å². The van der Waals surface area contributed by atoms with Gasteiger partial charge in [-0.1, -0.05) is 0 Å². The molecule has 0 bridgehead atoms. The van der Waals surface area contributed by atoms with Gasteiger partial charge in [0.05, 0.1) is 42.2 Å². The standard InChI is InChI=1S/C13H18N4O2/c1-12(2,7-14)10(13(3,4)8-15)9(6-17-16)11(18)19-5/h16H,6H2,1-5H3. The number of methoxy groups -OCH3 is 1. The molecule has 0 aromatic carbocycles. The summed E-state index contributed by atoms with van der Waals surface area (Å²) < 4.78 is 4.67. The summed E-state index contributed by atoms with van der Waals surface area (Å²) in [5.74, 6) is -0.669. The normalized spacial score (nSPS) is 10.9. The van der Waals surface area contributed by atoms with Crippen molar-refractivity contribution in [1.29, 1.82) is 16.1 Å². The molecule has 1 N–H and O–H groups in total. The fourth-order valence-corrected chi connectivity index (χ4v) is 2.10. The summed E-state index contributed by atoms with van der Waals surface area (Å²) in [6, 6.07) is 4.16. The minimum absolute atomic E-state index is 0.0931. The summed E-state index contributed by atoms with van der Waals surface area (Å²) in [6.07, 6.45) is 0. The third-order valence-corrected chi connectivity index (χ3v) is 2.78. The Hall–Kier alpha value is -2.21. The Morgan fingerprint density at radius 3 is 1.89 bits per heavy atom. The van der Waals surface area contributed by atoms with Gasteiger partial charge < -0.3 is 4.74 Å². The first-order chi connectivity index (χ1) is 8.67. The van der Waals surface area contributed by atoms with Crippen molar-refractivity contribution in [3.05, 3.63) is 11.1 Å². The minimum atomic E-state index is -1.03. The lowest BCUT2D eigenvalue weighted by Gasteiger charge is -2.31. The zero-order valence-corrected chi connectivity index (χ0v) is 11.9. The lowest BCUT2D eigenvalue weighted by atomic mass is 9.69. The number of hydrogen-bond donors (Lipinski definition) is 1. The average Bonchev–Trinajstić information content (AvgIpc) is 2.36. The van der Waals surface area contributed by atoms with E-state index in [0.717, 1.165) is 0 Å². The van der Waals surface area contributed by atoms with Crippen molar-refractivity contribution in [3.8, 4) is 12.1 Å². The molecular weight excluding hydrogens is 244 g/mol. The second-order valence-electron chi connectivity index (χ2n) is 5.13.